The van der Waals surface area contributed by atoms with Crippen molar-refractivity contribution in [2.45, 2.75) is 26.3 Å². The third kappa shape index (κ3) is 2.73. The van der Waals surface area contributed by atoms with E-state index in [1.807, 2.05) is 0 Å². The summed E-state index contributed by atoms with van der Waals surface area (Å²) in [4.78, 5) is 28.4. The van der Waals surface area contributed by atoms with Crippen LogP contribution in [0.15, 0.2) is 23.1 Å². The number of rotatable bonds is 4. The second-order valence-electron chi connectivity index (χ2n) is 4.76. The number of aromatic hydroxyl groups is 1. The van der Waals surface area contributed by atoms with E-state index in [0.717, 1.165) is 0 Å². The lowest BCUT2D eigenvalue weighted by atomic mass is 10.2. The van der Waals surface area contributed by atoms with E-state index in [-0.39, 0.29) is 6.61 Å². The van der Waals surface area contributed by atoms with Crippen molar-refractivity contribution < 1.29 is 15.0 Å². The molecule has 3 N–H and O–H groups in total. The maximum absolute atomic E-state index is 12.3. The molecule has 0 aliphatic carbocycles. The molecule has 2 aromatic rings. The van der Waals surface area contributed by atoms with E-state index in [4.69, 9.17) is 5.11 Å². The van der Waals surface area contributed by atoms with Gasteiger partial charge in [-0.25, -0.2) is 0 Å². The molecule has 0 saturated heterocycles. The molecule has 7 heteroatoms. The Morgan fingerprint density at radius 3 is 2.86 bits per heavy atom. The van der Waals surface area contributed by atoms with Crippen LogP contribution in [0.3, 0.4) is 0 Å². The minimum absolute atomic E-state index is 0.246. The van der Waals surface area contributed by atoms with Crippen LogP contribution in [-0.2, 0) is 0 Å². The molecule has 1 atom stereocenters. The summed E-state index contributed by atoms with van der Waals surface area (Å²) in [5.74, 6) is -1.36. The number of amides is 1. The topological polar surface area (TPSA) is 104 Å². The lowest BCUT2D eigenvalue weighted by Gasteiger charge is -2.14. The van der Waals surface area contributed by atoms with Gasteiger partial charge in [-0.1, -0.05) is 13.0 Å². The molecule has 0 aliphatic rings. The van der Waals surface area contributed by atoms with Crippen molar-refractivity contribution >= 4 is 11.6 Å². The fraction of sp³-hybridized carbons (Fsp3) is 0.357. The van der Waals surface area contributed by atoms with Gasteiger partial charge in [0.25, 0.3) is 11.5 Å². The van der Waals surface area contributed by atoms with Crippen molar-refractivity contribution in [1.29, 1.82) is 0 Å². The summed E-state index contributed by atoms with van der Waals surface area (Å²) in [7, 11) is 0. The zero-order chi connectivity index (χ0) is 15.6. The zero-order valence-electron chi connectivity index (χ0n) is 11.8. The van der Waals surface area contributed by atoms with Gasteiger partial charge in [0, 0.05) is 6.20 Å². The van der Waals surface area contributed by atoms with Gasteiger partial charge in [0.2, 0.25) is 5.88 Å². The van der Waals surface area contributed by atoms with Crippen LogP contribution in [0.2, 0.25) is 0 Å². The molecule has 1 amide bonds. The summed E-state index contributed by atoms with van der Waals surface area (Å²) in [6, 6.07) is 2.93. The van der Waals surface area contributed by atoms with Crippen LogP contribution in [-0.4, -0.2) is 38.2 Å². The molecular formula is C14H17N3O4. The molecule has 2 rings (SSSR count). The number of hydrogen-bond donors (Lipinski definition) is 3. The predicted octanol–water partition coefficient (Wildman–Crippen LogP) is 0.209. The molecule has 112 valence electrons. The molecule has 2 heterocycles. The van der Waals surface area contributed by atoms with Crippen molar-refractivity contribution in [2.24, 2.45) is 0 Å². The predicted molar refractivity (Wildman–Crippen MR) is 76.5 cm³/mol. The number of nitrogens with zero attached hydrogens (tertiary/aromatic N) is 2. The Kier molecular flexibility index (Phi) is 4.23. The standard InChI is InChI=1S/C14H17N3O4/c1-3-9(7-18)15-12(19)10-13(20)16-11-8(2)5-4-6-17(11)14(10)21/h4-6,9,18,20H,3,7H2,1-2H3,(H,15,19). The number of carbonyl (C=O) groups is 1. The molecule has 0 saturated carbocycles. The number of aryl methyl sites for hydroxylation is 1. The number of fused-ring (bicyclic) bond motifs is 1. The first-order valence-corrected chi connectivity index (χ1v) is 6.62. The Hall–Kier alpha value is -2.41. The normalized spacial score (nSPS) is 12.3. The van der Waals surface area contributed by atoms with Gasteiger partial charge in [-0.15, -0.1) is 0 Å². The Morgan fingerprint density at radius 1 is 1.52 bits per heavy atom. The SMILES string of the molecule is CCC(CO)NC(=O)c1c(O)nc2c(C)cccn2c1=O. The zero-order valence-corrected chi connectivity index (χ0v) is 11.8. The van der Waals surface area contributed by atoms with E-state index >= 15 is 0 Å². The number of carbonyl (C=O) groups excluding carboxylic acids is 1. The fourth-order valence-electron chi connectivity index (χ4n) is 2.02. The van der Waals surface area contributed by atoms with Gasteiger partial charge in [0.15, 0.2) is 5.56 Å². The molecule has 0 radical (unpaired) electrons. The van der Waals surface area contributed by atoms with Crippen LogP contribution in [0.5, 0.6) is 5.88 Å². The van der Waals surface area contributed by atoms with Crippen molar-refractivity contribution in [3.05, 3.63) is 39.8 Å². The van der Waals surface area contributed by atoms with Crippen molar-refractivity contribution in [2.75, 3.05) is 6.61 Å². The molecule has 0 aromatic carbocycles. The highest BCUT2D eigenvalue weighted by Crippen LogP contribution is 2.13. The highest BCUT2D eigenvalue weighted by molar-refractivity contribution is 5.96. The Morgan fingerprint density at radius 2 is 2.24 bits per heavy atom. The lowest BCUT2D eigenvalue weighted by Crippen LogP contribution is -2.40. The molecule has 1 unspecified atom stereocenters. The Labute approximate surface area is 120 Å². The summed E-state index contributed by atoms with van der Waals surface area (Å²) in [5.41, 5.74) is -0.0686. The molecule has 0 spiro atoms. The minimum atomic E-state index is -0.748. The van der Waals surface area contributed by atoms with Gasteiger partial charge < -0.3 is 15.5 Å². The van der Waals surface area contributed by atoms with Crippen LogP contribution in [0.25, 0.3) is 5.65 Å². The van der Waals surface area contributed by atoms with E-state index in [1.165, 1.54) is 10.6 Å². The quantitative estimate of drug-likeness (QED) is 0.747. The molecular weight excluding hydrogens is 274 g/mol. The van der Waals surface area contributed by atoms with Crippen LogP contribution in [0.1, 0.15) is 29.3 Å². The van der Waals surface area contributed by atoms with Gasteiger partial charge in [-0.05, 0) is 25.0 Å². The number of nitrogens with one attached hydrogen (secondary N) is 1. The third-order valence-electron chi connectivity index (χ3n) is 3.31. The maximum Gasteiger partial charge on any atom is 0.274 e. The number of aromatic nitrogens is 2. The fourth-order valence-corrected chi connectivity index (χ4v) is 2.02. The summed E-state index contributed by atoms with van der Waals surface area (Å²) < 4.78 is 1.21. The highest BCUT2D eigenvalue weighted by atomic mass is 16.3. The summed E-state index contributed by atoms with van der Waals surface area (Å²) in [6.07, 6.45) is 1.99. The molecule has 0 aliphatic heterocycles. The van der Waals surface area contributed by atoms with E-state index in [0.29, 0.717) is 17.6 Å². The van der Waals surface area contributed by atoms with Crippen LogP contribution < -0.4 is 10.9 Å². The average molecular weight is 291 g/mol. The minimum Gasteiger partial charge on any atom is -0.493 e. The van der Waals surface area contributed by atoms with Gasteiger partial charge in [-0.2, -0.15) is 4.98 Å². The van der Waals surface area contributed by atoms with Crippen LogP contribution in [0, 0.1) is 6.92 Å². The third-order valence-corrected chi connectivity index (χ3v) is 3.31. The highest BCUT2D eigenvalue weighted by Gasteiger charge is 2.22. The van der Waals surface area contributed by atoms with Gasteiger partial charge >= 0.3 is 0 Å². The molecule has 21 heavy (non-hydrogen) atoms. The monoisotopic (exact) mass is 291 g/mol. The molecule has 2 aromatic heterocycles. The van der Waals surface area contributed by atoms with Crippen LogP contribution in [0.4, 0.5) is 0 Å². The first kappa shape index (κ1) is 15.0. The second-order valence-corrected chi connectivity index (χ2v) is 4.76. The van der Waals surface area contributed by atoms with Gasteiger partial charge in [0.05, 0.1) is 12.6 Å². The number of aliphatic hydroxyl groups is 1. The van der Waals surface area contributed by atoms with Crippen LogP contribution >= 0.6 is 0 Å². The van der Waals surface area contributed by atoms with Crippen molar-refractivity contribution in [3.8, 4) is 5.88 Å². The number of hydrogen-bond acceptors (Lipinski definition) is 5. The van der Waals surface area contributed by atoms with Crippen molar-refractivity contribution in [1.82, 2.24) is 14.7 Å². The Balaban J connectivity index is 2.55. The first-order valence-electron chi connectivity index (χ1n) is 6.62. The van der Waals surface area contributed by atoms with Gasteiger partial charge in [0.1, 0.15) is 5.65 Å². The van der Waals surface area contributed by atoms with E-state index in [1.54, 1.807) is 26.0 Å². The summed E-state index contributed by atoms with van der Waals surface area (Å²) in [5, 5.41) is 21.5. The van der Waals surface area contributed by atoms with Gasteiger partial charge in [-0.3, -0.25) is 14.0 Å². The van der Waals surface area contributed by atoms with E-state index in [2.05, 4.69) is 10.3 Å². The largest absolute Gasteiger partial charge is 0.493 e. The maximum atomic E-state index is 12.3. The smallest absolute Gasteiger partial charge is 0.274 e. The molecule has 0 fully saturated rings. The number of aliphatic hydroxyl groups excluding tert-OH is 1. The van der Waals surface area contributed by atoms with E-state index < -0.39 is 29.0 Å². The van der Waals surface area contributed by atoms with E-state index in [9.17, 15) is 14.7 Å². The average Bonchev–Trinajstić information content (AvgIpc) is 2.46. The Bertz CT molecular complexity index is 735. The number of pyridine rings is 1. The summed E-state index contributed by atoms with van der Waals surface area (Å²) >= 11 is 0. The summed E-state index contributed by atoms with van der Waals surface area (Å²) in [6.45, 7) is 3.29. The van der Waals surface area contributed by atoms with Crippen molar-refractivity contribution in [3.63, 3.8) is 0 Å². The first-order chi connectivity index (χ1) is 9.99. The second kappa shape index (κ2) is 5.92. The molecule has 7 nitrogen and oxygen atoms in total. The lowest BCUT2D eigenvalue weighted by molar-refractivity contribution is 0.0909. The molecule has 0 bridgehead atoms.